The molecule has 3 heterocycles. The Morgan fingerprint density at radius 1 is 1.29 bits per heavy atom. The zero-order chi connectivity index (χ0) is 22.4. The molecule has 2 aromatic heterocycles. The van der Waals surface area contributed by atoms with Gasteiger partial charge in [0.2, 0.25) is 0 Å². The molecule has 0 bridgehead atoms. The molecule has 3 aromatic rings. The number of nitrogens with zero attached hydrogens (tertiary/aromatic N) is 2. The predicted octanol–water partition coefficient (Wildman–Crippen LogP) is 3.88. The molecule has 0 fully saturated rings. The number of halogens is 5. The summed E-state index contributed by atoms with van der Waals surface area (Å²) in [6, 6.07) is 3.93. The van der Waals surface area contributed by atoms with Gasteiger partial charge in [-0.3, -0.25) is 9.19 Å². The summed E-state index contributed by atoms with van der Waals surface area (Å²) in [7, 11) is -1.76. The summed E-state index contributed by atoms with van der Waals surface area (Å²) in [5.41, 5.74) is 1.21. The molecule has 0 amide bonds. The average Bonchev–Trinajstić information content (AvgIpc) is 3.08. The summed E-state index contributed by atoms with van der Waals surface area (Å²) in [6.45, 7) is -0.892. The van der Waals surface area contributed by atoms with E-state index in [0.29, 0.717) is 16.6 Å². The normalized spacial score (nSPS) is 16.3. The quantitative estimate of drug-likeness (QED) is 0.578. The Morgan fingerprint density at radius 2 is 2.06 bits per heavy atom. The summed E-state index contributed by atoms with van der Waals surface area (Å²) in [5, 5.41) is 0.0342. The van der Waals surface area contributed by atoms with E-state index in [-0.39, 0.29) is 33.9 Å². The van der Waals surface area contributed by atoms with Crippen molar-refractivity contribution >= 4 is 21.8 Å². The van der Waals surface area contributed by atoms with Crippen LogP contribution in [-0.4, -0.2) is 44.7 Å². The van der Waals surface area contributed by atoms with Crippen LogP contribution < -0.4 is 14.2 Å². The van der Waals surface area contributed by atoms with Gasteiger partial charge in [0.1, 0.15) is 5.75 Å². The molecule has 1 aliphatic rings. The number of H-pyrrole nitrogens is 1. The van der Waals surface area contributed by atoms with E-state index in [9.17, 15) is 26.2 Å². The first-order chi connectivity index (χ1) is 14.5. The Bertz CT molecular complexity index is 1170. The lowest BCUT2D eigenvalue weighted by Gasteiger charge is -2.25. The van der Waals surface area contributed by atoms with E-state index < -0.39 is 36.3 Å². The fraction of sp³-hybridized carbons (Fsp3) is 0.333. The molecular weight excluding hydrogens is 449 g/mol. The molecule has 166 valence electrons. The molecule has 1 atom stereocenters. The van der Waals surface area contributed by atoms with Crippen LogP contribution in [0.1, 0.15) is 11.3 Å². The van der Waals surface area contributed by atoms with Gasteiger partial charge in [0.15, 0.2) is 29.9 Å². The van der Waals surface area contributed by atoms with Gasteiger partial charge in [0.25, 0.3) is 0 Å². The van der Waals surface area contributed by atoms with Crippen LogP contribution in [0.4, 0.5) is 22.0 Å². The number of ether oxygens (including phenoxy) is 3. The fourth-order valence-corrected chi connectivity index (χ4v) is 3.96. The van der Waals surface area contributed by atoms with E-state index in [1.807, 2.05) is 0 Å². The number of benzene rings is 1. The largest absolute Gasteiger partial charge is 0.484 e. The summed E-state index contributed by atoms with van der Waals surface area (Å²) in [5.74, 6) is -0.280. The first kappa shape index (κ1) is 21.3. The van der Waals surface area contributed by atoms with Crippen molar-refractivity contribution in [3.8, 4) is 17.2 Å². The number of aromatic amines is 1. The maximum atomic E-state index is 13.3. The SMILES string of the molecule is Cc1c(OCC(F)(F)F)ccnc1CS(=O)c1nc2cc3c(cc2[nH]1)OC(F)(F)CO3. The van der Waals surface area contributed by atoms with Crippen LogP contribution in [-0.2, 0) is 16.6 Å². The zero-order valence-electron chi connectivity index (χ0n) is 15.8. The van der Waals surface area contributed by atoms with Gasteiger partial charge >= 0.3 is 12.3 Å². The van der Waals surface area contributed by atoms with E-state index in [1.165, 1.54) is 31.3 Å². The maximum Gasteiger partial charge on any atom is 0.433 e. The molecule has 13 heteroatoms. The molecule has 4 rings (SSSR count). The highest BCUT2D eigenvalue weighted by Gasteiger charge is 2.38. The molecule has 0 spiro atoms. The molecule has 0 saturated carbocycles. The fourth-order valence-electron chi connectivity index (χ4n) is 2.86. The van der Waals surface area contributed by atoms with Crippen molar-refractivity contribution in [2.75, 3.05) is 13.2 Å². The van der Waals surface area contributed by atoms with Crippen molar-refractivity contribution in [2.24, 2.45) is 0 Å². The lowest BCUT2D eigenvalue weighted by Crippen LogP contribution is -2.35. The van der Waals surface area contributed by atoms with Gasteiger partial charge in [0.05, 0.1) is 33.3 Å². The van der Waals surface area contributed by atoms with E-state index in [2.05, 4.69) is 19.7 Å². The van der Waals surface area contributed by atoms with Crippen LogP contribution in [0.25, 0.3) is 11.0 Å². The monoisotopic (exact) mass is 463 g/mol. The smallest absolute Gasteiger partial charge is 0.433 e. The highest BCUT2D eigenvalue weighted by atomic mass is 32.2. The topological polar surface area (TPSA) is 86.3 Å². The molecule has 0 saturated heterocycles. The number of imidazole rings is 1. The van der Waals surface area contributed by atoms with Crippen LogP contribution in [0.2, 0.25) is 0 Å². The lowest BCUT2D eigenvalue weighted by atomic mass is 10.2. The highest BCUT2D eigenvalue weighted by Crippen LogP contribution is 2.39. The third kappa shape index (κ3) is 4.70. The minimum Gasteiger partial charge on any atom is -0.484 e. The van der Waals surface area contributed by atoms with Crippen LogP contribution in [0, 0.1) is 6.92 Å². The van der Waals surface area contributed by atoms with E-state index >= 15 is 0 Å². The number of hydrogen-bond donors (Lipinski definition) is 1. The van der Waals surface area contributed by atoms with Gasteiger partial charge < -0.3 is 19.2 Å². The van der Waals surface area contributed by atoms with Gasteiger partial charge in [-0.2, -0.15) is 22.0 Å². The third-order valence-corrected chi connectivity index (χ3v) is 5.47. The summed E-state index contributed by atoms with van der Waals surface area (Å²) in [6.07, 6.45) is -6.70. The minimum absolute atomic E-state index is 0.0215. The highest BCUT2D eigenvalue weighted by molar-refractivity contribution is 7.84. The summed E-state index contributed by atoms with van der Waals surface area (Å²) < 4.78 is 91.0. The minimum atomic E-state index is -4.50. The molecule has 1 N–H and O–H groups in total. The second-order valence-electron chi connectivity index (χ2n) is 6.66. The Kier molecular flexibility index (Phi) is 5.23. The van der Waals surface area contributed by atoms with Gasteiger partial charge in [-0.05, 0) is 13.0 Å². The van der Waals surface area contributed by atoms with Crippen LogP contribution in [0.15, 0.2) is 29.6 Å². The number of nitrogens with one attached hydrogen (secondary N) is 1. The molecule has 0 radical (unpaired) electrons. The summed E-state index contributed by atoms with van der Waals surface area (Å²) in [4.78, 5) is 11.0. The number of fused-ring (bicyclic) bond motifs is 2. The van der Waals surface area contributed by atoms with Crippen molar-refractivity contribution in [1.29, 1.82) is 0 Å². The van der Waals surface area contributed by atoms with Gasteiger partial charge in [0, 0.05) is 23.9 Å². The number of rotatable bonds is 5. The van der Waals surface area contributed by atoms with Crippen LogP contribution >= 0.6 is 0 Å². The zero-order valence-corrected chi connectivity index (χ0v) is 16.6. The predicted molar refractivity (Wildman–Crippen MR) is 97.8 cm³/mol. The van der Waals surface area contributed by atoms with Crippen molar-refractivity contribution in [3.05, 3.63) is 35.7 Å². The number of pyridine rings is 1. The Labute approximate surface area is 174 Å². The van der Waals surface area contributed by atoms with Gasteiger partial charge in [-0.15, -0.1) is 0 Å². The molecule has 1 aliphatic heterocycles. The standard InChI is InChI=1S/C18H14F5N3O4S/c1-9-12(24-3-2-13(9)28-7-17(19,20)21)6-31(27)16-25-10-4-14-15(5-11(10)26-16)30-18(22,23)8-29-14/h2-5H,6-8H2,1H3,(H,25,26). The molecule has 1 aromatic carbocycles. The van der Waals surface area contributed by atoms with Crippen molar-refractivity contribution in [2.45, 2.75) is 30.1 Å². The Hall–Kier alpha value is -2.96. The van der Waals surface area contributed by atoms with E-state index in [4.69, 9.17) is 9.47 Å². The Morgan fingerprint density at radius 3 is 2.81 bits per heavy atom. The van der Waals surface area contributed by atoms with E-state index in [0.717, 1.165) is 0 Å². The molecule has 1 unspecified atom stereocenters. The molecule has 0 aliphatic carbocycles. The van der Waals surface area contributed by atoms with Crippen molar-refractivity contribution < 1.29 is 40.4 Å². The van der Waals surface area contributed by atoms with Gasteiger partial charge in [-0.25, -0.2) is 4.98 Å². The molecule has 31 heavy (non-hydrogen) atoms. The van der Waals surface area contributed by atoms with Crippen molar-refractivity contribution in [3.63, 3.8) is 0 Å². The lowest BCUT2D eigenvalue weighted by molar-refractivity contribution is -0.208. The number of hydrogen-bond acceptors (Lipinski definition) is 6. The maximum absolute atomic E-state index is 13.3. The Balaban J connectivity index is 1.55. The number of alkyl halides is 5. The first-order valence-corrected chi connectivity index (χ1v) is 10.1. The second kappa shape index (κ2) is 7.62. The van der Waals surface area contributed by atoms with E-state index in [1.54, 1.807) is 0 Å². The van der Waals surface area contributed by atoms with Crippen LogP contribution in [0.5, 0.6) is 17.2 Å². The molecule has 7 nitrogen and oxygen atoms in total. The first-order valence-electron chi connectivity index (χ1n) is 8.76. The average molecular weight is 463 g/mol. The van der Waals surface area contributed by atoms with Crippen molar-refractivity contribution in [1.82, 2.24) is 15.0 Å². The second-order valence-corrected chi connectivity index (χ2v) is 8.03. The van der Waals surface area contributed by atoms with Crippen LogP contribution in [0.3, 0.4) is 0 Å². The van der Waals surface area contributed by atoms with Gasteiger partial charge in [-0.1, -0.05) is 0 Å². The summed E-state index contributed by atoms with van der Waals surface area (Å²) >= 11 is 0. The third-order valence-electron chi connectivity index (χ3n) is 4.31. The number of aromatic nitrogens is 3. The molecular formula is C18H14F5N3O4S.